The molecule has 2 atom stereocenters. The van der Waals surface area contributed by atoms with Crippen molar-refractivity contribution in [3.8, 4) is 5.75 Å². The Morgan fingerprint density at radius 1 is 1.22 bits per heavy atom. The van der Waals surface area contributed by atoms with Crippen molar-refractivity contribution < 1.29 is 14.2 Å². The molecule has 3 aliphatic rings. The Labute approximate surface area is 191 Å². The summed E-state index contributed by atoms with van der Waals surface area (Å²) in [5.74, 6) is 2.11. The number of hydrogen-bond acceptors (Lipinski definition) is 6. The fraction of sp³-hybridized carbons (Fsp3) is 0.654. The monoisotopic (exact) mass is 439 g/mol. The van der Waals surface area contributed by atoms with Crippen LogP contribution in [-0.4, -0.2) is 63.0 Å². The Hall–Kier alpha value is -1.89. The van der Waals surface area contributed by atoms with Gasteiger partial charge in [0, 0.05) is 47.9 Å². The molecule has 1 aliphatic carbocycles. The quantitative estimate of drug-likeness (QED) is 0.595. The van der Waals surface area contributed by atoms with Gasteiger partial charge in [-0.3, -0.25) is 4.98 Å². The van der Waals surface area contributed by atoms with Crippen LogP contribution in [0.1, 0.15) is 43.0 Å². The van der Waals surface area contributed by atoms with E-state index in [1.165, 1.54) is 42.9 Å². The van der Waals surface area contributed by atoms with Crippen LogP contribution >= 0.6 is 0 Å². The van der Waals surface area contributed by atoms with Crippen molar-refractivity contribution >= 4 is 16.6 Å². The molecule has 6 nitrogen and oxygen atoms in total. The molecule has 1 unspecified atom stereocenters. The topological polar surface area (TPSA) is 55.9 Å². The SMILES string of the molecule is COc1cc2c(NC[C@H]3CCOC3)c3c(nc2cc1COCCN1CCCC1)CC(C)C3. The molecule has 0 radical (unpaired) electrons. The zero-order chi connectivity index (χ0) is 21.9. The van der Waals surface area contributed by atoms with Gasteiger partial charge in [0.2, 0.25) is 0 Å². The number of pyridine rings is 1. The minimum Gasteiger partial charge on any atom is -0.496 e. The van der Waals surface area contributed by atoms with E-state index in [1.54, 1.807) is 7.11 Å². The Morgan fingerprint density at radius 2 is 2.09 bits per heavy atom. The summed E-state index contributed by atoms with van der Waals surface area (Å²) >= 11 is 0. The number of nitrogens with one attached hydrogen (secondary N) is 1. The Morgan fingerprint density at radius 3 is 2.88 bits per heavy atom. The second-order valence-corrected chi connectivity index (χ2v) is 9.82. The van der Waals surface area contributed by atoms with Gasteiger partial charge in [-0.2, -0.15) is 0 Å². The summed E-state index contributed by atoms with van der Waals surface area (Å²) in [6.45, 7) is 9.75. The number of aromatic nitrogens is 1. The van der Waals surface area contributed by atoms with Crippen LogP contribution in [0.3, 0.4) is 0 Å². The van der Waals surface area contributed by atoms with Crippen LogP contribution in [0, 0.1) is 11.8 Å². The number of benzene rings is 1. The van der Waals surface area contributed by atoms with E-state index < -0.39 is 0 Å². The van der Waals surface area contributed by atoms with Gasteiger partial charge in [0.15, 0.2) is 0 Å². The van der Waals surface area contributed by atoms with Gasteiger partial charge in [0.1, 0.15) is 5.75 Å². The second-order valence-electron chi connectivity index (χ2n) is 9.82. The van der Waals surface area contributed by atoms with Gasteiger partial charge in [-0.25, -0.2) is 0 Å². The van der Waals surface area contributed by atoms with E-state index in [0.29, 0.717) is 18.4 Å². The third-order valence-corrected chi connectivity index (χ3v) is 7.27. The van der Waals surface area contributed by atoms with Gasteiger partial charge in [0.05, 0.1) is 32.4 Å². The minimum atomic E-state index is 0.560. The number of hydrogen-bond donors (Lipinski definition) is 1. The Kier molecular flexibility index (Phi) is 6.81. The third kappa shape index (κ3) is 4.73. The highest BCUT2D eigenvalue weighted by Gasteiger charge is 2.26. The normalized spacial score (nSPS) is 23.2. The fourth-order valence-corrected chi connectivity index (χ4v) is 5.44. The zero-order valence-electron chi connectivity index (χ0n) is 19.6. The van der Waals surface area contributed by atoms with Crippen LogP contribution in [0.25, 0.3) is 10.9 Å². The number of anilines is 1. The van der Waals surface area contributed by atoms with E-state index in [-0.39, 0.29) is 0 Å². The van der Waals surface area contributed by atoms with E-state index in [1.807, 2.05) is 0 Å². The average Bonchev–Trinajstić information content (AvgIpc) is 3.55. The molecule has 174 valence electrons. The standard InChI is InChI=1S/C26H37N3O3/c1-18-11-21-23(12-18)28-24-13-20(17-32-10-8-29-6-3-4-7-29)25(30-2)14-22(24)26(21)27-15-19-5-9-31-16-19/h13-14,18-19H,3-12,15-17H2,1-2H3,(H,27,28)/t18?,19-/m1/s1. The Balaban J connectivity index is 1.38. The molecule has 1 N–H and O–H groups in total. The molecule has 2 aliphatic heterocycles. The molecular weight excluding hydrogens is 402 g/mol. The number of methoxy groups -OCH3 is 1. The summed E-state index contributed by atoms with van der Waals surface area (Å²) in [6.07, 6.45) is 5.91. The molecule has 6 heteroatoms. The highest BCUT2D eigenvalue weighted by atomic mass is 16.5. The van der Waals surface area contributed by atoms with Gasteiger partial charge in [-0.05, 0) is 68.8 Å². The first kappa shape index (κ1) is 21.9. The van der Waals surface area contributed by atoms with Crippen LogP contribution < -0.4 is 10.1 Å². The summed E-state index contributed by atoms with van der Waals surface area (Å²) in [7, 11) is 1.75. The maximum absolute atomic E-state index is 6.05. The summed E-state index contributed by atoms with van der Waals surface area (Å²) in [6, 6.07) is 4.34. The number of nitrogens with zero attached hydrogens (tertiary/aromatic N) is 2. The maximum atomic E-state index is 6.05. The molecule has 5 rings (SSSR count). The van der Waals surface area contributed by atoms with Crippen LogP contribution in [0.2, 0.25) is 0 Å². The summed E-state index contributed by atoms with van der Waals surface area (Å²) in [5, 5.41) is 4.95. The van der Waals surface area contributed by atoms with Crippen molar-refractivity contribution in [2.24, 2.45) is 11.8 Å². The molecule has 0 bridgehead atoms. The third-order valence-electron chi connectivity index (χ3n) is 7.27. The van der Waals surface area contributed by atoms with E-state index in [4.69, 9.17) is 19.2 Å². The van der Waals surface area contributed by atoms with Crippen molar-refractivity contribution in [2.75, 3.05) is 58.4 Å². The van der Waals surface area contributed by atoms with Crippen LogP contribution in [0.4, 0.5) is 5.69 Å². The first-order valence-electron chi connectivity index (χ1n) is 12.4. The highest BCUT2D eigenvalue weighted by Crippen LogP contribution is 2.39. The lowest BCUT2D eigenvalue weighted by Crippen LogP contribution is -2.23. The molecular formula is C26H37N3O3. The molecule has 0 spiro atoms. The first-order valence-corrected chi connectivity index (χ1v) is 12.4. The number of fused-ring (bicyclic) bond motifs is 2. The predicted octanol–water partition coefficient (Wildman–Crippen LogP) is 4.04. The second kappa shape index (κ2) is 9.94. The van der Waals surface area contributed by atoms with E-state index in [0.717, 1.165) is 74.4 Å². The van der Waals surface area contributed by atoms with E-state index >= 15 is 0 Å². The lowest BCUT2D eigenvalue weighted by Gasteiger charge is -2.19. The van der Waals surface area contributed by atoms with Crippen molar-refractivity contribution in [1.82, 2.24) is 9.88 Å². The van der Waals surface area contributed by atoms with Gasteiger partial charge < -0.3 is 24.4 Å². The van der Waals surface area contributed by atoms with Gasteiger partial charge in [-0.1, -0.05) is 6.92 Å². The lowest BCUT2D eigenvalue weighted by molar-refractivity contribution is 0.0979. The average molecular weight is 440 g/mol. The smallest absolute Gasteiger partial charge is 0.125 e. The molecule has 1 aromatic heterocycles. The molecule has 3 heterocycles. The van der Waals surface area contributed by atoms with Crippen LogP contribution in [-0.2, 0) is 28.9 Å². The zero-order valence-corrected chi connectivity index (χ0v) is 19.6. The van der Waals surface area contributed by atoms with Gasteiger partial charge in [-0.15, -0.1) is 0 Å². The molecule has 0 saturated carbocycles. The molecule has 1 aromatic carbocycles. The number of likely N-dealkylation sites (tertiary alicyclic amines) is 1. The Bertz CT molecular complexity index is 936. The molecule has 0 amide bonds. The van der Waals surface area contributed by atoms with Crippen molar-refractivity contribution in [3.63, 3.8) is 0 Å². The molecule has 2 fully saturated rings. The number of rotatable bonds is 9. The largest absolute Gasteiger partial charge is 0.496 e. The highest BCUT2D eigenvalue weighted by molar-refractivity contribution is 5.95. The van der Waals surface area contributed by atoms with Crippen molar-refractivity contribution in [2.45, 2.75) is 45.6 Å². The summed E-state index contributed by atoms with van der Waals surface area (Å²) in [4.78, 5) is 7.57. The maximum Gasteiger partial charge on any atom is 0.125 e. The van der Waals surface area contributed by atoms with E-state index in [9.17, 15) is 0 Å². The fourth-order valence-electron chi connectivity index (χ4n) is 5.44. The number of ether oxygens (including phenoxy) is 3. The molecule has 2 aromatic rings. The summed E-state index contributed by atoms with van der Waals surface area (Å²) < 4.78 is 17.4. The van der Waals surface area contributed by atoms with Gasteiger partial charge >= 0.3 is 0 Å². The van der Waals surface area contributed by atoms with Crippen molar-refractivity contribution in [1.29, 1.82) is 0 Å². The van der Waals surface area contributed by atoms with Crippen LogP contribution in [0.15, 0.2) is 12.1 Å². The minimum absolute atomic E-state index is 0.560. The predicted molar refractivity (Wildman–Crippen MR) is 128 cm³/mol. The first-order chi connectivity index (χ1) is 15.7. The lowest BCUT2D eigenvalue weighted by atomic mass is 10.0. The van der Waals surface area contributed by atoms with E-state index in [2.05, 4.69) is 29.3 Å². The van der Waals surface area contributed by atoms with Gasteiger partial charge in [0.25, 0.3) is 0 Å². The summed E-state index contributed by atoms with van der Waals surface area (Å²) in [5.41, 5.74) is 6.01. The van der Waals surface area contributed by atoms with Crippen molar-refractivity contribution in [3.05, 3.63) is 29.0 Å². The molecule has 32 heavy (non-hydrogen) atoms. The molecule has 2 saturated heterocycles. The van der Waals surface area contributed by atoms with Crippen LogP contribution in [0.5, 0.6) is 5.75 Å².